The van der Waals surface area contributed by atoms with Gasteiger partial charge in [0.25, 0.3) is 0 Å². The van der Waals surface area contributed by atoms with E-state index in [1.54, 1.807) is 25.8 Å². The van der Waals surface area contributed by atoms with Crippen molar-refractivity contribution in [1.29, 1.82) is 0 Å². The summed E-state index contributed by atoms with van der Waals surface area (Å²) in [7, 11) is 1.63. The van der Waals surface area contributed by atoms with Crippen LogP contribution in [0.15, 0.2) is 47.5 Å². The Morgan fingerprint density at radius 2 is 1.95 bits per heavy atom. The first-order chi connectivity index (χ1) is 10.3. The minimum absolute atomic E-state index is 0.679. The Bertz CT molecular complexity index is 764. The average molecular weight is 345 g/mol. The van der Waals surface area contributed by atoms with Crippen LogP contribution in [-0.2, 0) is 6.54 Å². The van der Waals surface area contributed by atoms with Crippen molar-refractivity contribution >= 4 is 32.7 Å². The number of halogens is 1. The number of hydrogen-bond acceptors (Lipinski definition) is 5. The highest BCUT2D eigenvalue weighted by Gasteiger charge is 2.10. The molecule has 0 saturated carbocycles. The number of ether oxygens (including phenoxy) is 1. The highest BCUT2D eigenvalue weighted by atomic mass is 79.9. The Hall–Kier alpha value is -2.21. The van der Waals surface area contributed by atoms with Crippen molar-refractivity contribution in [3.05, 3.63) is 53.0 Å². The summed E-state index contributed by atoms with van der Waals surface area (Å²) >= 11 is 3.52. The number of anilines is 1. The van der Waals surface area contributed by atoms with Gasteiger partial charge in [-0.25, -0.2) is 9.97 Å². The van der Waals surface area contributed by atoms with Crippen molar-refractivity contribution < 1.29 is 4.74 Å². The zero-order valence-electron chi connectivity index (χ0n) is 11.4. The molecule has 2 aromatic heterocycles. The maximum atomic E-state index is 5.29. The second-order valence-corrected chi connectivity index (χ2v) is 5.20. The Morgan fingerprint density at radius 1 is 1.14 bits per heavy atom. The van der Waals surface area contributed by atoms with E-state index in [0.717, 1.165) is 32.5 Å². The summed E-state index contributed by atoms with van der Waals surface area (Å²) in [5.74, 6) is 1.54. The molecule has 6 heteroatoms. The van der Waals surface area contributed by atoms with Crippen molar-refractivity contribution in [3.63, 3.8) is 0 Å². The number of nitrogens with zero attached hydrogens (tertiary/aromatic N) is 3. The second-order valence-electron chi connectivity index (χ2n) is 4.41. The molecule has 106 valence electrons. The molecule has 1 N–H and O–H groups in total. The quantitative estimate of drug-likeness (QED) is 0.785. The van der Waals surface area contributed by atoms with E-state index < -0.39 is 0 Å². The minimum Gasteiger partial charge on any atom is -0.495 e. The maximum Gasteiger partial charge on any atom is 0.137 e. The van der Waals surface area contributed by atoms with Gasteiger partial charge >= 0.3 is 0 Å². The number of rotatable bonds is 4. The summed E-state index contributed by atoms with van der Waals surface area (Å²) in [6.45, 7) is 0.679. The fourth-order valence-electron chi connectivity index (χ4n) is 2.06. The van der Waals surface area contributed by atoms with Gasteiger partial charge in [-0.1, -0.05) is 0 Å². The standard InChI is InChI=1S/C15H13BrN4O/c1-21-12-3-2-11-14(13(12)16)19-9-20-15(11)18-8-10-4-6-17-7-5-10/h2-7,9H,8H2,1H3,(H,18,19,20). The molecule has 2 heterocycles. The molecule has 3 aromatic rings. The number of fused-ring (bicyclic) bond motifs is 1. The zero-order valence-corrected chi connectivity index (χ0v) is 13.0. The smallest absolute Gasteiger partial charge is 0.137 e. The van der Waals surface area contributed by atoms with Crippen LogP contribution in [0.1, 0.15) is 5.56 Å². The molecule has 21 heavy (non-hydrogen) atoms. The fraction of sp³-hybridized carbons (Fsp3) is 0.133. The van der Waals surface area contributed by atoms with E-state index in [4.69, 9.17) is 4.74 Å². The van der Waals surface area contributed by atoms with Gasteiger partial charge in [0.1, 0.15) is 17.9 Å². The number of methoxy groups -OCH3 is 1. The molecule has 0 amide bonds. The first kappa shape index (κ1) is 13.8. The van der Waals surface area contributed by atoms with Crippen LogP contribution in [0.3, 0.4) is 0 Å². The van der Waals surface area contributed by atoms with E-state index in [9.17, 15) is 0 Å². The predicted molar refractivity (Wildman–Crippen MR) is 85.4 cm³/mol. The zero-order chi connectivity index (χ0) is 14.7. The van der Waals surface area contributed by atoms with Gasteiger partial charge in [0.05, 0.1) is 17.1 Å². The van der Waals surface area contributed by atoms with Gasteiger partial charge in [0.15, 0.2) is 0 Å². The monoisotopic (exact) mass is 344 g/mol. The molecule has 0 bridgehead atoms. The molecule has 0 radical (unpaired) electrons. The van der Waals surface area contributed by atoms with Crippen molar-refractivity contribution in [2.45, 2.75) is 6.54 Å². The predicted octanol–water partition coefficient (Wildman–Crippen LogP) is 3.41. The first-order valence-electron chi connectivity index (χ1n) is 6.39. The second kappa shape index (κ2) is 6.05. The molecule has 0 aliphatic heterocycles. The largest absolute Gasteiger partial charge is 0.495 e. The lowest BCUT2D eigenvalue weighted by molar-refractivity contribution is 0.413. The third kappa shape index (κ3) is 2.80. The van der Waals surface area contributed by atoms with Crippen LogP contribution < -0.4 is 10.1 Å². The van der Waals surface area contributed by atoms with E-state index in [1.165, 1.54) is 0 Å². The summed E-state index contributed by atoms with van der Waals surface area (Å²) in [6.07, 6.45) is 5.09. The SMILES string of the molecule is COc1ccc2c(NCc3ccncc3)ncnc2c1Br. The molecule has 1 aromatic carbocycles. The van der Waals surface area contributed by atoms with Crippen LogP contribution in [-0.4, -0.2) is 22.1 Å². The van der Waals surface area contributed by atoms with E-state index in [1.807, 2.05) is 24.3 Å². The van der Waals surface area contributed by atoms with Gasteiger partial charge in [0.2, 0.25) is 0 Å². The van der Waals surface area contributed by atoms with E-state index in [0.29, 0.717) is 6.54 Å². The Balaban J connectivity index is 1.94. The molecule has 0 aliphatic rings. The molecular weight excluding hydrogens is 332 g/mol. The lowest BCUT2D eigenvalue weighted by Crippen LogP contribution is -2.03. The van der Waals surface area contributed by atoms with E-state index >= 15 is 0 Å². The summed E-state index contributed by atoms with van der Waals surface area (Å²) in [5.41, 5.74) is 1.96. The number of nitrogens with one attached hydrogen (secondary N) is 1. The van der Waals surface area contributed by atoms with Crippen molar-refractivity contribution in [2.75, 3.05) is 12.4 Å². The van der Waals surface area contributed by atoms with Crippen LogP contribution in [0.2, 0.25) is 0 Å². The molecule has 0 fully saturated rings. The molecule has 0 atom stereocenters. The average Bonchev–Trinajstić information content (AvgIpc) is 2.54. The van der Waals surface area contributed by atoms with Gasteiger partial charge in [-0.05, 0) is 45.8 Å². The third-order valence-electron chi connectivity index (χ3n) is 3.14. The van der Waals surface area contributed by atoms with Gasteiger partial charge in [-0.3, -0.25) is 4.98 Å². The third-order valence-corrected chi connectivity index (χ3v) is 3.91. The topological polar surface area (TPSA) is 59.9 Å². The van der Waals surface area contributed by atoms with Crippen molar-refractivity contribution in [1.82, 2.24) is 15.0 Å². The summed E-state index contributed by atoms with van der Waals surface area (Å²) < 4.78 is 6.12. The molecule has 5 nitrogen and oxygen atoms in total. The first-order valence-corrected chi connectivity index (χ1v) is 7.19. The number of aromatic nitrogens is 3. The number of hydrogen-bond donors (Lipinski definition) is 1. The maximum absolute atomic E-state index is 5.29. The van der Waals surface area contributed by atoms with Crippen LogP contribution in [0.5, 0.6) is 5.75 Å². The molecule has 0 spiro atoms. The molecule has 3 rings (SSSR count). The van der Waals surface area contributed by atoms with Crippen LogP contribution in [0.25, 0.3) is 10.9 Å². The van der Waals surface area contributed by atoms with Gasteiger partial charge in [0, 0.05) is 24.3 Å². The highest BCUT2D eigenvalue weighted by molar-refractivity contribution is 9.10. The Labute approximate surface area is 130 Å². The molecule has 0 aliphatic carbocycles. The minimum atomic E-state index is 0.679. The lowest BCUT2D eigenvalue weighted by Gasteiger charge is -2.10. The van der Waals surface area contributed by atoms with Gasteiger partial charge in [-0.15, -0.1) is 0 Å². The normalized spacial score (nSPS) is 10.6. The Morgan fingerprint density at radius 3 is 2.71 bits per heavy atom. The van der Waals surface area contributed by atoms with Crippen LogP contribution in [0.4, 0.5) is 5.82 Å². The summed E-state index contributed by atoms with van der Waals surface area (Å²) in [5, 5.41) is 4.27. The summed E-state index contributed by atoms with van der Waals surface area (Å²) in [6, 6.07) is 7.78. The van der Waals surface area contributed by atoms with Crippen LogP contribution in [0, 0.1) is 0 Å². The highest BCUT2D eigenvalue weighted by Crippen LogP contribution is 2.33. The van der Waals surface area contributed by atoms with E-state index in [-0.39, 0.29) is 0 Å². The van der Waals surface area contributed by atoms with Crippen molar-refractivity contribution in [2.24, 2.45) is 0 Å². The molecule has 0 unspecified atom stereocenters. The summed E-state index contributed by atoms with van der Waals surface area (Å²) in [4.78, 5) is 12.6. The fourth-order valence-corrected chi connectivity index (χ4v) is 2.67. The Kier molecular flexibility index (Phi) is 3.96. The number of benzene rings is 1. The van der Waals surface area contributed by atoms with Gasteiger partial charge in [-0.2, -0.15) is 0 Å². The molecule has 0 saturated heterocycles. The van der Waals surface area contributed by atoms with Gasteiger partial charge < -0.3 is 10.1 Å². The van der Waals surface area contributed by atoms with Crippen LogP contribution >= 0.6 is 15.9 Å². The van der Waals surface area contributed by atoms with E-state index in [2.05, 4.69) is 36.2 Å². The lowest BCUT2D eigenvalue weighted by atomic mass is 10.2. The number of pyridine rings is 1. The van der Waals surface area contributed by atoms with Crippen molar-refractivity contribution in [3.8, 4) is 5.75 Å². The molecular formula is C15H13BrN4O.